The lowest BCUT2D eigenvalue weighted by atomic mass is 10.2. The van der Waals surface area contributed by atoms with E-state index in [1.54, 1.807) is 12.1 Å². The molecule has 0 bridgehead atoms. The molecule has 2 aliphatic heterocycles. The van der Waals surface area contributed by atoms with Crippen LogP contribution in [-0.4, -0.2) is 67.9 Å². The lowest BCUT2D eigenvalue weighted by Crippen LogP contribution is -3.15. The number of nitrogens with zero attached hydrogens (tertiary/aromatic N) is 2. The number of hydrogen-bond acceptors (Lipinski definition) is 5. The molecular weight excluding hydrogens is 286 g/mol. The highest BCUT2D eigenvalue weighted by atomic mass is 16.6. The molecule has 118 valence electrons. The van der Waals surface area contributed by atoms with Crippen molar-refractivity contribution in [3.63, 3.8) is 0 Å². The van der Waals surface area contributed by atoms with Crippen molar-refractivity contribution < 1.29 is 24.3 Å². The van der Waals surface area contributed by atoms with Crippen molar-refractivity contribution in [1.82, 2.24) is 4.90 Å². The van der Waals surface area contributed by atoms with Crippen LogP contribution in [0.15, 0.2) is 24.3 Å². The summed E-state index contributed by atoms with van der Waals surface area (Å²) in [6.45, 7) is 4.08. The molecule has 2 N–H and O–H groups in total. The maximum absolute atomic E-state index is 12.1. The summed E-state index contributed by atoms with van der Waals surface area (Å²) in [6.07, 6.45) is -0.530. The molecule has 2 aliphatic rings. The Morgan fingerprint density at radius 1 is 1.23 bits per heavy atom. The van der Waals surface area contributed by atoms with Crippen LogP contribution in [0.25, 0.3) is 0 Å². The second kappa shape index (κ2) is 6.23. The fraction of sp³-hybridized carbons (Fsp3) is 0.467. The van der Waals surface area contributed by atoms with E-state index in [-0.39, 0.29) is 11.7 Å². The summed E-state index contributed by atoms with van der Waals surface area (Å²) >= 11 is 0. The number of amides is 2. The molecule has 2 heterocycles. The van der Waals surface area contributed by atoms with Crippen LogP contribution in [0.4, 0.5) is 10.5 Å². The normalized spacial score (nSPS) is 19.4. The van der Waals surface area contributed by atoms with Gasteiger partial charge in [0.15, 0.2) is 6.54 Å². The van der Waals surface area contributed by atoms with E-state index in [0.29, 0.717) is 19.7 Å². The number of phenolic OH excluding ortho intramolecular Hbond substituents is 1. The Hall–Kier alpha value is -2.28. The average Bonchev–Trinajstić information content (AvgIpc) is 2.95. The molecular formula is C15H20N3O4+. The first-order valence-electron chi connectivity index (χ1n) is 7.49. The van der Waals surface area contributed by atoms with Crippen LogP contribution < -0.4 is 9.80 Å². The van der Waals surface area contributed by atoms with Gasteiger partial charge in [-0.3, -0.25) is 4.79 Å². The van der Waals surface area contributed by atoms with Crippen LogP contribution in [0.3, 0.4) is 0 Å². The second-order valence-corrected chi connectivity index (χ2v) is 5.56. The summed E-state index contributed by atoms with van der Waals surface area (Å²) in [5, 5.41) is 9.89. The summed E-state index contributed by atoms with van der Waals surface area (Å²) in [6, 6.07) is 7.27. The number of nitrogens with one attached hydrogen (secondary N) is 1. The average molecular weight is 306 g/mol. The molecule has 0 radical (unpaired) electrons. The minimum Gasteiger partial charge on any atom is -0.506 e. The first-order valence-corrected chi connectivity index (χ1v) is 7.49. The smallest absolute Gasteiger partial charge is 0.416 e. The third-order valence-corrected chi connectivity index (χ3v) is 4.16. The van der Waals surface area contributed by atoms with Gasteiger partial charge in [0, 0.05) is 0 Å². The number of hydrogen-bond donors (Lipinski definition) is 2. The molecule has 0 aliphatic carbocycles. The molecule has 0 aromatic heterocycles. The number of aromatic hydroxyl groups is 1. The maximum atomic E-state index is 12.1. The fourth-order valence-electron chi connectivity index (χ4n) is 2.90. The van der Waals surface area contributed by atoms with Crippen LogP contribution >= 0.6 is 0 Å². The second-order valence-electron chi connectivity index (χ2n) is 5.56. The lowest BCUT2D eigenvalue weighted by molar-refractivity contribution is -0.892. The van der Waals surface area contributed by atoms with Gasteiger partial charge in [-0.15, -0.1) is 0 Å². The summed E-state index contributed by atoms with van der Waals surface area (Å²) in [4.78, 5) is 27.9. The topological polar surface area (TPSA) is 74.5 Å². The monoisotopic (exact) mass is 306 g/mol. The predicted molar refractivity (Wildman–Crippen MR) is 78.9 cm³/mol. The van der Waals surface area contributed by atoms with Gasteiger partial charge >= 0.3 is 6.09 Å². The molecule has 2 saturated heterocycles. The van der Waals surface area contributed by atoms with Crippen LogP contribution in [0.1, 0.15) is 0 Å². The zero-order valence-corrected chi connectivity index (χ0v) is 12.3. The SMILES string of the molecule is O=C(C[NH+]1CCN(c2ccccc2O)CC1)N1CCOC1=O. The Kier molecular flexibility index (Phi) is 4.15. The van der Waals surface area contributed by atoms with Gasteiger partial charge in [0.2, 0.25) is 0 Å². The molecule has 1 aromatic rings. The van der Waals surface area contributed by atoms with E-state index in [2.05, 4.69) is 4.90 Å². The third-order valence-electron chi connectivity index (χ3n) is 4.16. The lowest BCUT2D eigenvalue weighted by Gasteiger charge is -2.33. The van der Waals surface area contributed by atoms with Gasteiger partial charge in [0.05, 0.1) is 38.4 Å². The standard InChI is InChI=1S/C15H19N3O4/c19-13-4-2-1-3-12(13)17-7-5-16(6-8-17)11-14(20)18-9-10-22-15(18)21/h1-4,19H,5-11H2/p+1. The molecule has 7 heteroatoms. The Morgan fingerprint density at radius 2 is 1.95 bits per heavy atom. The number of carbonyl (C=O) groups is 2. The van der Waals surface area contributed by atoms with E-state index in [1.807, 2.05) is 12.1 Å². The van der Waals surface area contributed by atoms with E-state index in [1.165, 1.54) is 4.90 Å². The summed E-state index contributed by atoms with van der Waals surface area (Å²) in [7, 11) is 0. The highest BCUT2D eigenvalue weighted by Crippen LogP contribution is 2.25. The minimum atomic E-state index is -0.530. The van der Waals surface area contributed by atoms with Crippen LogP contribution in [0.2, 0.25) is 0 Å². The van der Waals surface area contributed by atoms with Crippen LogP contribution in [0.5, 0.6) is 5.75 Å². The fourth-order valence-corrected chi connectivity index (χ4v) is 2.90. The number of ether oxygens (including phenoxy) is 1. The van der Waals surface area contributed by atoms with Crippen molar-refractivity contribution in [3.8, 4) is 5.75 Å². The summed E-state index contributed by atoms with van der Waals surface area (Å²) < 4.78 is 4.78. The van der Waals surface area contributed by atoms with E-state index in [9.17, 15) is 14.7 Å². The Morgan fingerprint density at radius 3 is 2.59 bits per heavy atom. The van der Waals surface area contributed by atoms with Gasteiger partial charge in [-0.25, -0.2) is 9.69 Å². The number of carbonyl (C=O) groups excluding carboxylic acids is 2. The van der Waals surface area contributed by atoms with Gasteiger partial charge in [-0.1, -0.05) is 12.1 Å². The Balaban J connectivity index is 1.53. The van der Waals surface area contributed by atoms with Crippen LogP contribution in [0, 0.1) is 0 Å². The van der Waals surface area contributed by atoms with Crippen molar-refractivity contribution in [2.45, 2.75) is 0 Å². The maximum Gasteiger partial charge on any atom is 0.416 e. The van der Waals surface area contributed by atoms with E-state index in [0.717, 1.165) is 36.8 Å². The highest BCUT2D eigenvalue weighted by molar-refractivity contribution is 5.93. The van der Waals surface area contributed by atoms with E-state index >= 15 is 0 Å². The number of para-hydroxylation sites is 2. The number of imide groups is 1. The minimum absolute atomic E-state index is 0.173. The number of rotatable bonds is 3. The quantitative estimate of drug-likeness (QED) is 0.755. The molecule has 3 rings (SSSR count). The Bertz CT molecular complexity index is 570. The van der Waals surface area contributed by atoms with Gasteiger partial charge in [0.1, 0.15) is 12.4 Å². The van der Waals surface area contributed by atoms with Crippen molar-refractivity contribution in [1.29, 1.82) is 0 Å². The molecule has 0 spiro atoms. The van der Waals surface area contributed by atoms with Crippen molar-refractivity contribution >= 4 is 17.7 Å². The summed E-state index contributed by atoms with van der Waals surface area (Å²) in [5.41, 5.74) is 0.830. The molecule has 0 unspecified atom stereocenters. The third kappa shape index (κ3) is 2.99. The number of cyclic esters (lactones) is 1. The largest absolute Gasteiger partial charge is 0.506 e. The number of benzene rings is 1. The predicted octanol–water partition coefficient (Wildman–Crippen LogP) is -0.924. The summed E-state index contributed by atoms with van der Waals surface area (Å²) in [5.74, 6) is 0.107. The molecule has 1 aromatic carbocycles. The Labute approximate surface area is 128 Å². The first-order chi connectivity index (χ1) is 10.6. The van der Waals surface area contributed by atoms with Crippen molar-refractivity contribution in [3.05, 3.63) is 24.3 Å². The van der Waals surface area contributed by atoms with Gasteiger partial charge < -0.3 is 19.6 Å². The molecule has 0 saturated carbocycles. The molecule has 22 heavy (non-hydrogen) atoms. The molecule has 2 amide bonds. The highest BCUT2D eigenvalue weighted by Gasteiger charge is 2.32. The van der Waals surface area contributed by atoms with Gasteiger partial charge in [-0.2, -0.15) is 0 Å². The van der Waals surface area contributed by atoms with E-state index in [4.69, 9.17) is 4.74 Å². The number of piperazine rings is 1. The zero-order chi connectivity index (χ0) is 15.5. The van der Waals surface area contributed by atoms with Crippen LogP contribution in [-0.2, 0) is 9.53 Å². The molecule has 0 atom stereocenters. The number of anilines is 1. The van der Waals surface area contributed by atoms with Gasteiger partial charge in [-0.05, 0) is 12.1 Å². The van der Waals surface area contributed by atoms with Crippen molar-refractivity contribution in [2.75, 3.05) is 50.8 Å². The molecule has 2 fully saturated rings. The van der Waals surface area contributed by atoms with E-state index < -0.39 is 6.09 Å². The molecule has 7 nitrogen and oxygen atoms in total. The first kappa shape index (κ1) is 14.6. The van der Waals surface area contributed by atoms with Crippen molar-refractivity contribution in [2.24, 2.45) is 0 Å². The number of phenols is 1. The zero-order valence-electron chi connectivity index (χ0n) is 12.3. The van der Waals surface area contributed by atoms with Gasteiger partial charge in [0.25, 0.3) is 5.91 Å². The number of quaternary nitrogens is 1.